The molecule has 0 bridgehead atoms. The topological polar surface area (TPSA) is 108 Å². The van der Waals surface area contributed by atoms with E-state index in [0.29, 0.717) is 11.3 Å². The minimum Gasteiger partial charge on any atom is -0.504 e. The Balaban J connectivity index is 2.45. The van der Waals surface area contributed by atoms with E-state index in [1.165, 1.54) is 18.2 Å². The summed E-state index contributed by atoms with van der Waals surface area (Å²) in [5.41, 5.74) is 1.09. The summed E-state index contributed by atoms with van der Waals surface area (Å²) in [6.45, 7) is 5.05. The first kappa shape index (κ1) is 15.7. The average molecular weight is 306 g/mol. The van der Waals surface area contributed by atoms with E-state index in [0.717, 1.165) is 0 Å². The Labute approximate surface area is 127 Å². The Hall–Kier alpha value is -2.70. The molecule has 0 saturated carbocycles. The van der Waals surface area contributed by atoms with Crippen LogP contribution in [0.2, 0.25) is 0 Å². The van der Waals surface area contributed by atoms with Crippen LogP contribution in [0.3, 0.4) is 0 Å². The van der Waals surface area contributed by atoms with E-state index < -0.39 is 18.0 Å². The summed E-state index contributed by atoms with van der Waals surface area (Å²) in [4.78, 5) is 24.0. The molecule has 2 amide bonds. The molecule has 1 aromatic rings. The fraction of sp³-hybridized carbons (Fsp3) is 0.333. The molecule has 0 fully saturated rings. The smallest absolute Gasteiger partial charge is 0.338 e. The van der Waals surface area contributed by atoms with Gasteiger partial charge in [-0.2, -0.15) is 0 Å². The van der Waals surface area contributed by atoms with Crippen molar-refractivity contribution >= 4 is 12.0 Å². The zero-order valence-corrected chi connectivity index (χ0v) is 12.5. The Kier molecular flexibility index (Phi) is 4.25. The third-order valence-corrected chi connectivity index (χ3v) is 3.16. The van der Waals surface area contributed by atoms with Gasteiger partial charge < -0.3 is 25.6 Å². The maximum Gasteiger partial charge on any atom is 0.338 e. The molecule has 0 spiro atoms. The highest BCUT2D eigenvalue weighted by atomic mass is 16.5. The van der Waals surface area contributed by atoms with Gasteiger partial charge in [-0.1, -0.05) is 6.07 Å². The number of aromatic hydroxyl groups is 2. The van der Waals surface area contributed by atoms with Crippen LogP contribution in [0.1, 0.15) is 32.4 Å². The largest absolute Gasteiger partial charge is 0.504 e. The molecular weight excluding hydrogens is 288 g/mol. The normalized spacial score (nSPS) is 18.0. The number of amides is 2. The van der Waals surface area contributed by atoms with Crippen molar-refractivity contribution in [3.8, 4) is 11.5 Å². The van der Waals surface area contributed by atoms with Crippen molar-refractivity contribution in [3.05, 3.63) is 35.0 Å². The molecule has 0 aliphatic carbocycles. The maximum atomic E-state index is 12.3. The molecular formula is C15H18N2O5. The van der Waals surface area contributed by atoms with Gasteiger partial charge in [0.2, 0.25) is 0 Å². The summed E-state index contributed by atoms with van der Waals surface area (Å²) in [5.74, 6) is -1.17. The van der Waals surface area contributed by atoms with Gasteiger partial charge in [0.25, 0.3) is 0 Å². The number of phenolic OH excluding ortho intramolecular Hbond substituents is 2. The fourth-order valence-electron chi connectivity index (χ4n) is 2.21. The first-order chi connectivity index (χ1) is 10.3. The fourth-order valence-corrected chi connectivity index (χ4v) is 2.21. The molecule has 0 saturated heterocycles. The van der Waals surface area contributed by atoms with E-state index >= 15 is 0 Å². The standard InChI is InChI=1S/C15H18N2O5/c1-7(2)22-14(20)12-8(3)16-15(21)17-13(12)9-4-5-10(18)11(19)6-9/h4-7,13,18-19H,1-3H3,(H2,16,17,21). The summed E-state index contributed by atoms with van der Waals surface area (Å²) in [6, 6.07) is 2.87. The van der Waals surface area contributed by atoms with E-state index in [4.69, 9.17) is 4.74 Å². The highest BCUT2D eigenvalue weighted by molar-refractivity contribution is 5.95. The minimum absolute atomic E-state index is 0.249. The minimum atomic E-state index is -0.772. The van der Waals surface area contributed by atoms with E-state index in [1.54, 1.807) is 20.8 Å². The molecule has 1 aromatic carbocycles. The number of esters is 1. The summed E-state index contributed by atoms with van der Waals surface area (Å²) in [7, 11) is 0. The SMILES string of the molecule is CC1=C(C(=O)OC(C)C)C(c2ccc(O)c(O)c2)NC(=O)N1. The zero-order chi connectivity index (χ0) is 16.4. The molecule has 1 aliphatic rings. The van der Waals surface area contributed by atoms with Crippen LogP contribution >= 0.6 is 0 Å². The summed E-state index contributed by atoms with van der Waals surface area (Å²) in [5, 5.41) is 24.1. The van der Waals surface area contributed by atoms with Crippen molar-refractivity contribution in [3.63, 3.8) is 0 Å². The van der Waals surface area contributed by atoms with Gasteiger partial charge in [0.05, 0.1) is 17.7 Å². The molecule has 2 rings (SSSR count). The second-order valence-electron chi connectivity index (χ2n) is 5.27. The van der Waals surface area contributed by atoms with Gasteiger partial charge >= 0.3 is 12.0 Å². The predicted octanol–water partition coefficient (Wildman–Crippen LogP) is 1.68. The van der Waals surface area contributed by atoms with Crippen LogP contribution in [-0.2, 0) is 9.53 Å². The van der Waals surface area contributed by atoms with Crippen LogP contribution in [-0.4, -0.2) is 28.3 Å². The maximum absolute atomic E-state index is 12.3. The lowest BCUT2D eigenvalue weighted by atomic mass is 9.95. The number of carbonyl (C=O) groups is 2. The second-order valence-corrected chi connectivity index (χ2v) is 5.27. The summed E-state index contributed by atoms with van der Waals surface area (Å²) >= 11 is 0. The lowest BCUT2D eigenvalue weighted by molar-refractivity contribution is -0.143. The summed E-state index contributed by atoms with van der Waals surface area (Å²) < 4.78 is 5.20. The molecule has 0 aromatic heterocycles. The first-order valence-corrected chi connectivity index (χ1v) is 6.80. The van der Waals surface area contributed by atoms with Crippen LogP contribution in [0.4, 0.5) is 4.79 Å². The van der Waals surface area contributed by atoms with E-state index in [2.05, 4.69) is 10.6 Å². The third-order valence-electron chi connectivity index (χ3n) is 3.16. The van der Waals surface area contributed by atoms with Crippen molar-refractivity contribution in [2.45, 2.75) is 32.9 Å². The van der Waals surface area contributed by atoms with Gasteiger partial charge in [0.1, 0.15) is 0 Å². The number of allylic oxidation sites excluding steroid dienone is 1. The molecule has 22 heavy (non-hydrogen) atoms. The van der Waals surface area contributed by atoms with Crippen molar-refractivity contribution < 1.29 is 24.5 Å². The number of ether oxygens (including phenoxy) is 1. The molecule has 1 aliphatic heterocycles. The van der Waals surface area contributed by atoms with Crippen LogP contribution in [0, 0.1) is 0 Å². The number of phenols is 2. The van der Waals surface area contributed by atoms with E-state index in [-0.39, 0.29) is 23.2 Å². The Morgan fingerprint density at radius 2 is 1.95 bits per heavy atom. The molecule has 0 radical (unpaired) electrons. The highest BCUT2D eigenvalue weighted by Crippen LogP contribution is 2.33. The zero-order valence-electron chi connectivity index (χ0n) is 12.5. The lowest BCUT2D eigenvalue weighted by Crippen LogP contribution is -2.45. The quantitative estimate of drug-likeness (QED) is 0.502. The Morgan fingerprint density at radius 3 is 2.55 bits per heavy atom. The van der Waals surface area contributed by atoms with Crippen molar-refractivity contribution in [2.75, 3.05) is 0 Å². The van der Waals surface area contributed by atoms with Crippen LogP contribution in [0.15, 0.2) is 29.5 Å². The molecule has 4 N–H and O–H groups in total. The van der Waals surface area contributed by atoms with Crippen LogP contribution in [0.25, 0.3) is 0 Å². The first-order valence-electron chi connectivity index (χ1n) is 6.80. The predicted molar refractivity (Wildman–Crippen MR) is 78.1 cm³/mol. The third kappa shape index (κ3) is 3.13. The molecule has 1 heterocycles. The Bertz CT molecular complexity index is 651. The second kappa shape index (κ2) is 5.97. The molecule has 1 unspecified atom stereocenters. The van der Waals surface area contributed by atoms with Gasteiger partial charge in [0.15, 0.2) is 11.5 Å². The number of benzene rings is 1. The number of hydrogen-bond donors (Lipinski definition) is 4. The van der Waals surface area contributed by atoms with Gasteiger partial charge in [-0.25, -0.2) is 9.59 Å². The van der Waals surface area contributed by atoms with Crippen LogP contribution < -0.4 is 10.6 Å². The van der Waals surface area contributed by atoms with Gasteiger partial charge in [-0.05, 0) is 38.5 Å². The average Bonchev–Trinajstić information content (AvgIpc) is 2.39. The lowest BCUT2D eigenvalue weighted by Gasteiger charge is -2.28. The highest BCUT2D eigenvalue weighted by Gasteiger charge is 2.32. The van der Waals surface area contributed by atoms with Crippen LogP contribution in [0.5, 0.6) is 11.5 Å². The van der Waals surface area contributed by atoms with E-state index in [9.17, 15) is 19.8 Å². The van der Waals surface area contributed by atoms with Gasteiger partial charge in [0, 0.05) is 5.70 Å². The molecule has 7 nitrogen and oxygen atoms in total. The van der Waals surface area contributed by atoms with Crippen molar-refractivity contribution in [2.24, 2.45) is 0 Å². The van der Waals surface area contributed by atoms with Crippen molar-refractivity contribution in [1.82, 2.24) is 10.6 Å². The number of carbonyl (C=O) groups excluding carboxylic acids is 2. The summed E-state index contributed by atoms with van der Waals surface area (Å²) in [6.07, 6.45) is -0.306. The monoisotopic (exact) mass is 306 g/mol. The Morgan fingerprint density at radius 1 is 1.27 bits per heavy atom. The molecule has 118 valence electrons. The number of rotatable bonds is 3. The van der Waals surface area contributed by atoms with E-state index in [1.807, 2.05) is 0 Å². The number of urea groups is 1. The number of nitrogens with one attached hydrogen (secondary N) is 2. The molecule has 7 heteroatoms. The number of hydrogen-bond acceptors (Lipinski definition) is 5. The molecule has 1 atom stereocenters. The van der Waals surface area contributed by atoms with Gasteiger partial charge in [-0.15, -0.1) is 0 Å². The van der Waals surface area contributed by atoms with Crippen molar-refractivity contribution in [1.29, 1.82) is 0 Å². The van der Waals surface area contributed by atoms with Gasteiger partial charge in [-0.3, -0.25) is 0 Å².